The second-order valence-electron chi connectivity index (χ2n) is 7.20. The molecule has 0 radical (unpaired) electrons. The highest BCUT2D eigenvalue weighted by atomic mass is 32.2. The Kier molecular flexibility index (Phi) is 6.67. The lowest BCUT2D eigenvalue weighted by Gasteiger charge is -2.36. The third-order valence-corrected chi connectivity index (χ3v) is 6.53. The molecule has 0 spiro atoms. The van der Waals surface area contributed by atoms with Crippen LogP contribution in [0.1, 0.15) is 10.4 Å². The van der Waals surface area contributed by atoms with Crippen LogP contribution in [0.5, 0.6) is 11.5 Å². The van der Waals surface area contributed by atoms with Crippen molar-refractivity contribution >= 4 is 23.4 Å². The van der Waals surface area contributed by atoms with Crippen LogP contribution in [0.25, 0.3) is 0 Å². The van der Waals surface area contributed by atoms with Gasteiger partial charge in [-0.25, -0.2) is 0 Å². The monoisotopic (exact) mass is 434 g/mol. The molecule has 0 N–H and O–H groups in total. The van der Waals surface area contributed by atoms with E-state index < -0.39 is 0 Å². The molecule has 0 bridgehead atoms. The standard InChI is InChI=1S/C25H26N2O3S/c1-29-21-11-5-4-10-20(21)26-15-17-27(18-16-26)25(28)19-9-3-7-13-23(19)31-24-14-8-6-12-22(24)30-2/h3-14H,15-18H2,1-2H3. The SMILES string of the molecule is COc1ccccc1Sc1ccccc1C(=O)N1CCN(c2ccccc2OC)CC1. The first-order valence-electron chi connectivity index (χ1n) is 10.3. The van der Waals surface area contributed by atoms with Gasteiger partial charge >= 0.3 is 0 Å². The van der Waals surface area contributed by atoms with Crippen LogP contribution in [0.4, 0.5) is 5.69 Å². The van der Waals surface area contributed by atoms with Gasteiger partial charge in [0.1, 0.15) is 11.5 Å². The molecule has 31 heavy (non-hydrogen) atoms. The summed E-state index contributed by atoms with van der Waals surface area (Å²) in [5, 5.41) is 0. The smallest absolute Gasteiger partial charge is 0.255 e. The van der Waals surface area contributed by atoms with Crippen LogP contribution in [0.2, 0.25) is 0 Å². The van der Waals surface area contributed by atoms with Gasteiger partial charge in [-0.1, -0.05) is 48.2 Å². The summed E-state index contributed by atoms with van der Waals surface area (Å²) in [6.07, 6.45) is 0. The first-order valence-corrected chi connectivity index (χ1v) is 11.1. The zero-order chi connectivity index (χ0) is 21.6. The Balaban J connectivity index is 1.49. The highest BCUT2D eigenvalue weighted by Crippen LogP contribution is 2.37. The number of carbonyl (C=O) groups excluding carboxylic acids is 1. The number of para-hydroxylation sites is 3. The number of piperazine rings is 1. The number of amides is 1. The van der Waals surface area contributed by atoms with Gasteiger partial charge < -0.3 is 19.3 Å². The third-order valence-electron chi connectivity index (χ3n) is 5.40. The van der Waals surface area contributed by atoms with Crippen LogP contribution < -0.4 is 14.4 Å². The minimum absolute atomic E-state index is 0.0673. The number of anilines is 1. The van der Waals surface area contributed by atoms with E-state index in [4.69, 9.17) is 9.47 Å². The van der Waals surface area contributed by atoms with E-state index in [1.807, 2.05) is 71.6 Å². The Morgan fingerprint density at radius 1 is 0.742 bits per heavy atom. The average molecular weight is 435 g/mol. The maximum absolute atomic E-state index is 13.4. The fourth-order valence-electron chi connectivity index (χ4n) is 3.77. The molecule has 0 saturated carbocycles. The molecule has 3 aromatic carbocycles. The number of rotatable bonds is 6. The zero-order valence-electron chi connectivity index (χ0n) is 17.8. The van der Waals surface area contributed by atoms with Crippen LogP contribution in [0.15, 0.2) is 82.6 Å². The molecule has 6 heteroatoms. The predicted octanol–water partition coefficient (Wildman–Crippen LogP) is 4.82. The van der Waals surface area contributed by atoms with Gasteiger partial charge in [0, 0.05) is 31.1 Å². The number of carbonyl (C=O) groups is 1. The van der Waals surface area contributed by atoms with Gasteiger partial charge in [0.2, 0.25) is 0 Å². The first-order chi connectivity index (χ1) is 15.2. The Bertz CT molecular complexity index is 1050. The van der Waals surface area contributed by atoms with E-state index in [0.29, 0.717) is 13.1 Å². The molecule has 1 aliphatic rings. The summed E-state index contributed by atoms with van der Waals surface area (Å²) < 4.78 is 11.0. The second kappa shape index (κ2) is 9.79. The van der Waals surface area contributed by atoms with Gasteiger partial charge in [0.15, 0.2) is 0 Å². The van der Waals surface area contributed by atoms with Crippen LogP contribution >= 0.6 is 11.8 Å². The molecule has 1 amide bonds. The lowest BCUT2D eigenvalue weighted by molar-refractivity contribution is 0.0743. The van der Waals surface area contributed by atoms with Gasteiger partial charge in [-0.05, 0) is 36.4 Å². The van der Waals surface area contributed by atoms with Gasteiger partial charge in [-0.3, -0.25) is 4.79 Å². The lowest BCUT2D eigenvalue weighted by Crippen LogP contribution is -2.49. The molecule has 1 heterocycles. The Morgan fingerprint density at radius 3 is 2.03 bits per heavy atom. The van der Waals surface area contributed by atoms with Gasteiger partial charge in [-0.15, -0.1) is 0 Å². The molecule has 1 aliphatic heterocycles. The van der Waals surface area contributed by atoms with E-state index in [-0.39, 0.29) is 5.91 Å². The van der Waals surface area contributed by atoms with Crippen molar-refractivity contribution in [3.63, 3.8) is 0 Å². The van der Waals surface area contributed by atoms with Crippen LogP contribution in [-0.4, -0.2) is 51.2 Å². The number of hydrogen-bond donors (Lipinski definition) is 0. The lowest BCUT2D eigenvalue weighted by atomic mass is 10.1. The van der Waals surface area contributed by atoms with E-state index >= 15 is 0 Å². The van der Waals surface area contributed by atoms with Gasteiger partial charge in [-0.2, -0.15) is 0 Å². The van der Waals surface area contributed by atoms with E-state index in [0.717, 1.165) is 45.6 Å². The van der Waals surface area contributed by atoms with Crippen molar-refractivity contribution in [2.45, 2.75) is 9.79 Å². The second-order valence-corrected chi connectivity index (χ2v) is 8.28. The number of methoxy groups -OCH3 is 2. The maximum Gasteiger partial charge on any atom is 0.255 e. The first kappa shape index (κ1) is 21.1. The van der Waals surface area contributed by atoms with Crippen LogP contribution in [0.3, 0.4) is 0 Å². The zero-order valence-corrected chi connectivity index (χ0v) is 18.6. The molecule has 160 valence electrons. The summed E-state index contributed by atoms with van der Waals surface area (Å²) >= 11 is 1.56. The quantitative estimate of drug-likeness (QED) is 0.557. The maximum atomic E-state index is 13.4. The molecular formula is C25H26N2O3S. The van der Waals surface area contributed by atoms with Crippen molar-refractivity contribution in [2.24, 2.45) is 0 Å². The fraction of sp³-hybridized carbons (Fsp3) is 0.240. The molecule has 0 unspecified atom stereocenters. The van der Waals surface area contributed by atoms with E-state index in [2.05, 4.69) is 11.0 Å². The molecular weight excluding hydrogens is 408 g/mol. The molecule has 1 fully saturated rings. The van der Waals surface area contributed by atoms with Crippen molar-refractivity contribution in [1.29, 1.82) is 0 Å². The number of nitrogens with zero attached hydrogens (tertiary/aromatic N) is 2. The van der Waals surface area contributed by atoms with Crippen molar-refractivity contribution in [1.82, 2.24) is 4.90 Å². The normalized spacial score (nSPS) is 13.7. The third kappa shape index (κ3) is 4.64. The predicted molar refractivity (Wildman–Crippen MR) is 125 cm³/mol. The van der Waals surface area contributed by atoms with E-state index in [1.54, 1.807) is 26.0 Å². The largest absolute Gasteiger partial charge is 0.496 e. The molecule has 0 atom stereocenters. The summed E-state index contributed by atoms with van der Waals surface area (Å²) in [5.41, 5.74) is 1.80. The van der Waals surface area contributed by atoms with Crippen LogP contribution in [0, 0.1) is 0 Å². The minimum atomic E-state index is 0.0673. The summed E-state index contributed by atoms with van der Waals surface area (Å²) in [6.45, 7) is 2.89. The Labute approximate surface area is 187 Å². The molecule has 0 aliphatic carbocycles. The topological polar surface area (TPSA) is 42.0 Å². The summed E-state index contributed by atoms with van der Waals surface area (Å²) in [5.74, 6) is 1.73. The van der Waals surface area contributed by atoms with Crippen LogP contribution in [-0.2, 0) is 0 Å². The molecule has 4 rings (SSSR count). The summed E-state index contributed by atoms with van der Waals surface area (Å²) in [6, 6.07) is 23.7. The summed E-state index contributed by atoms with van der Waals surface area (Å²) in [7, 11) is 3.35. The number of hydrogen-bond acceptors (Lipinski definition) is 5. The number of ether oxygens (including phenoxy) is 2. The Morgan fingerprint density at radius 2 is 1.32 bits per heavy atom. The number of benzene rings is 3. The van der Waals surface area contributed by atoms with Crippen molar-refractivity contribution in [3.8, 4) is 11.5 Å². The summed E-state index contributed by atoms with van der Waals surface area (Å²) in [4.78, 5) is 19.5. The molecule has 3 aromatic rings. The van der Waals surface area contributed by atoms with Crippen molar-refractivity contribution in [3.05, 3.63) is 78.4 Å². The molecule has 1 saturated heterocycles. The van der Waals surface area contributed by atoms with Gasteiger partial charge in [0.25, 0.3) is 5.91 Å². The van der Waals surface area contributed by atoms with Crippen molar-refractivity contribution < 1.29 is 14.3 Å². The average Bonchev–Trinajstić information content (AvgIpc) is 2.84. The molecule has 0 aromatic heterocycles. The highest BCUT2D eigenvalue weighted by molar-refractivity contribution is 7.99. The minimum Gasteiger partial charge on any atom is -0.496 e. The fourth-order valence-corrected chi connectivity index (χ4v) is 4.81. The highest BCUT2D eigenvalue weighted by Gasteiger charge is 2.25. The Hall–Kier alpha value is -3.12. The van der Waals surface area contributed by atoms with E-state index in [9.17, 15) is 4.79 Å². The van der Waals surface area contributed by atoms with Gasteiger partial charge in [0.05, 0.1) is 30.4 Å². The van der Waals surface area contributed by atoms with Crippen molar-refractivity contribution in [2.75, 3.05) is 45.3 Å². The molecule has 5 nitrogen and oxygen atoms in total. The van der Waals surface area contributed by atoms with E-state index in [1.165, 1.54) is 0 Å².